The molecule has 6 N–H and O–H groups in total. The molecule has 0 spiro atoms. The first-order chi connectivity index (χ1) is 12.0. The van der Waals surface area contributed by atoms with Crippen molar-refractivity contribution in [1.29, 1.82) is 0 Å². The van der Waals surface area contributed by atoms with Crippen LogP contribution in [0.5, 0.6) is 0 Å². The third-order valence-electron chi connectivity index (χ3n) is 4.61. The number of carbonyl (C=O) groups is 1. The molecule has 6 atom stereocenters. The molecule has 8 nitrogen and oxygen atoms in total. The molecule has 0 bridgehead atoms. The van der Waals surface area contributed by atoms with Crippen molar-refractivity contribution in [3.05, 3.63) is 35.9 Å². The lowest BCUT2D eigenvalue weighted by molar-refractivity contribution is -0.231. The second-order valence-electron chi connectivity index (χ2n) is 6.24. The fourth-order valence-corrected chi connectivity index (χ4v) is 3.15. The SMILES string of the molecule is NOC(=O)CCC(C[C@H]1O[C@H](CO)[C@@H](O)[C@H](O)[C@H]1O)c1ccccc1. The summed E-state index contributed by atoms with van der Waals surface area (Å²) in [5, 5.41) is 39.3. The summed E-state index contributed by atoms with van der Waals surface area (Å²) in [5.74, 6) is 4.16. The molecule has 0 radical (unpaired) electrons. The summed E-state index contributed by atoms with van der Waals surface area (Å²) >= 11 is 0. The summed E-state index contributed by atoms with van der Waals surface area (Å²) in [5.41, 5.74) is 0.935. The van der Waals surface area contributed by atoms with Crippen LogP contribution in [-0.4, -0.2) is 63.5 Å². The third kappa shape index (κ3) is 4.97. The normalized spacial score (nSPS) is 30.7. The van der Waals surface area contributed by atoms with Gasteiger partial charge in [-0.05, 0) is 24.3 Å². The van der Waals surface area contributed by atoms with Gasteiger partial charge in [0.1, 0.15) is 24.4 Å². The van der Waals surface area contributed by atoms with Crippen molar-refractivity contribution >= 4 is 5.97 Å². The van der Waals surface area contributed by atoms with Crippen molar-refractivity contribution in [1.82, 2.24) is 0 Å². The van der Waals surface area contributed by atoms with Gasteiger partial charge in [0.15, 0.2) is 0 Å². The summed E-state index contributed by atoms with van der Waals surface area (Å²) in [6.07, 6.45) is -5.06. The van der Waals surface area contributed by atoms with Crippen LogP contribution in [0, 0.1) is 0 Å². The van der Waals surface area contributed by atoms with E-state index < -0.39 is 43.1 Å². The Morgan fingerprint density at radius 1 is 1.12 bits per heavy atom. The van der Waals surface area contributed by atoms with E-state index in [1.54, 1.807) is 0 Å². The number of carbonyl (C=O) groups excluding carboxylic acids is 1. The Labute approximate surface area is 145 Å². The summed E-state index contributed by atoms with van der Waals surface area (Å²) in [6, 6.07) is 9.36. The fourth-order valence-electron chi connectivity index (χ4n) is 3.15. The molecule has 8 heteroatoms. The molecule has 1 heterocycles. The van der Waals surface area contributed by atoms with Gasteiger partial charge in [-0.1, -0.05) is 30.3 Å². The van der Waals surface area contributed by atoms with Crippen LogP contribution in [0.2, 0.25) is 0 Å². The minimum absolute atomic E-state index is 0.0908. The van der Waals surface area contributed by atoms with Gasteiger partial charge >= 0.3 is 5.97 Å². The lowest BCUT2D eigenvalue weighted by atomic mass is 9.84. The number of aliphatic hydroxyl groups is 4. The Morgan fingerprint density at radius 2 is 1.76 bits per heavy atom. The molecule has 0 aliphatic carbocycles. The van der Waals surface area contributed by atoms with Crippen LogP contribution < -0.4 is 5.90 Å². The van der Waals surface area contributed by atoms with E-state index in [1.165, 1.54) is 0 Å². The van der Waals surface area contributed by atoms with Crippen LogP contribution in [0.3, 0.4) is 0 Å². The lowest BCUT2D eigenvalue weighted by Crippen LogP contribution is -2.58. The highest BCUT2D eigenvalue weighted by Gasteiger charge is 2.43. The largest absolute Gasteiger partial charge is 0.394 e. The summed E-state index contributed by atoms with van der Waals surface area (Å²) in [4.78, 5) is 15.6. The highest BCUT2D eigenvalue weighted by Crippen LogP contribution is 2.32. The molecule has 1 fully saturated rings. The van der Waals surface area contributed by atoms with Crippen molar-refractivity contribution in [2.45, 2.75) is 55.7 Å². The van der Waals surface area contributed by atoms with Gasteiger partial charge in [0.05, 0.1) is 12.7 Å². The monoisotopic (exact) mass is 355 g/mol. The maximum absolute atomic E-state index is 11.4. The van der Waals surface area contributed by atoms with Gasteiger partial charge in [-0.15, -0.1) is 0 Å². The third-order valence-corrected chi connectivity index (χ3v) is 4.61. The van der Waals surface area contributed by atoms with E-state index in [0.29, 0.717) is 12.8 Å². The first-order valence-corrected chi connectivity index (χ1v) is 8.23. The molecule has 1 aliphatic heterocycles. The number of hydrogen-bond acceptors (Lipinski definition) is 8. The zero-order chi connectivity index (χ0) is 18.4. The topological polar surface area (TPSA) is 142 Å². The molecule has 140 valence electrons. The average molecular weight is 355 g/mol. The van der Waals surface area contributed by atoms with E-state index in [2.05, 4.69) is 4.84 Å². The Morgan fingerprint density at radius 3 is 2.36 bits per heavy atom. The van der Waals surface area contributed by atoms with Crippen molar-refractivity contribution in [3.8, 4) is 0 Å². The van der Waals surface area contributed by atoms with Crippen molar-refractivity contribution in [2.24, 2.45) is 5.90 Å². The number of nitrogens with two attached hydrogens (primary N) is 1. The minimum Gasteiger partial charge on any atom is -0.394 e. The van der Waals surface area contributed by atoms with Crippen molar-refractivity contribution < 1.29 is 34.8 Å². The van der Waals surface area contributed by atoms with E-state index in [9.17, 15) is 25.2 Å². The Hall–Kier alpha value is -1.55. The van der Waals surface area contributed by atoms with Crippen molar-refractivity contribution in [3.63, 3.8) is 0 Å². The van der Waals surface area contributed by atoms with E-state index in [1.807, 2.05) is 30.3 Å². The van der Waals surface area contributed by atoms with Gasteiger partial charge in [-0.2, -0.15) is 5.90 Å². The molecule has 1 aliphatic rings. The molecule has 0 aromatic heterocycles. The Kier molecular flexibility index (Phi) is 7.30. The van der Waals surface area contributed by atoms with Crippen LogP contribution in [0.4, 0.5) is 0 Å². The molecule has 2 rings (SSSR count). The number of rotatable bonds is 7. The van der Waals surface area contributed by atoms with Crippen LogP contribution in [0.1, 0.15) is 30.7 Å². The standard InChI is InChI=1S/C17H25NO7/c18-25-14(20)7-6-11(10-4-2-1-3-5-10)8-12-15(21)17(23)16(22)13(9-19)24-12/h1-5,11-13,15-17,19,21-23H,6-9,18H2/t11?,12-,13-,15+,16-,17-/m1/s1. The Balaban J connectivity index is 2.13. The zero-order valence-electron chi connectivity index (χ0n) is 13.8. The summed E-state index contributed by atoms with van der Waals surface area (Å²) in [6.45, 7) is -0.475. The smallest absolute Gasteiger partial charge is 0.324 e. The molecule has 1 aromatic carbocycles. The first-order valence-electron chi connectivity index (χ1n) is 8.23. The number of aliphatic hydroxyl groups excluding tert-OH is 4. The number of ether oxygens (including phenoxy) is 1. The van der Waals surface area contributed by atoms with Gasteiger partial charge in [-0.25, -0.2) is 0 Å². The maximum atomic E-state index is 11.4. The van der Waals surface area contributed by atoms with E-state index in [0.717, 1.165) is 5.56 Å². The van der Waals surface area contributed by atoms with E-state index in [4.69, 9.17) is 10.6 Å². The quantitative estimate of drug-likeness (QED) is 0.400. The van der Waals surface area contributed by atoms with Gasteiger partial charge in [0.25, 0.3) is 0 Å². The molecule has 1 aromatic rings. The molecule has 1 unspecified atom stereocenters. The van der Waals surface area contributed by atoms with Crippen molar-refractivity contribution in [2.75, 3.05) is 6.61 Å². The van der Waals surface area contributed by atoms with E-state index in [-0.39, 0.29) is 12.3 Å². The molecular formula is C17H25NO7. The van der Waals surface area contributed by atoms with Crippen LogP contribution >= 0.6 is 0 Å². The van der Waals surface area contributed by atoms with Crippen LogP contribution in [0.25, 0.3) is 0 Å². The predicted octanol–water partition coefficient (Wildman–Crippen LogP) is -0.800. The van der Waals surface area contributed by atoms with Gasteiger partial charge < -0.3 is 30.0 Å². The Bertz CT molecular complexity index is 539. The molecule has 1 saturated heterocycles. The summed E-state index contributed by atoms with van der Waals surface area (Å²) < 4.78 is 5.56. The maximum Gasteiger partial charge on any atom is 0.324 e. The summed E-state index contributed by atoms with van der Waals surface area (Å²) in [7, 11) is 0. The van der Waals surface area contributed by atoms with Gasteiger partial charge in [0, 0.05) is 6.42 Å². The highest BCUT2D eigenvalue weighted by atomic mass is 16.7. The molecule has 25 heavy (non-hydrogen) atoms. The molecule has 0 amide bonds. The zero-order valence-corrected chi connectivity index (χ0v) is 13.8. The van der Waals surface area contributed by atoms with Gasteiger partial charge in [0.2, 0.25) is 0 Å². The fraction of sp³-hybridized carbons (Fsp3) is 0.588. The van der Waals surface area contributed by atoms with Crippen LogP contribution in [0.15, 0.2) is 30.3 Å². The number of hydrogen-bond donors (Lipinski definition) is 5. The average Bonchev–Trinajstić information content (AvgIpc) is 2.65. The highest BCUT2D eigenvalue weighted by molar-refractivity contribution is 5.68. The molecular weight excluding hydrogens is 330 g/mol. The van der Waals surface area contributed by atoms with Gasteiger partial charge in [-0.3, -0.25) is 4.79 Å². The number of benzene rings is 1. The second kappa shape index (κ2) is 9.23. The minimum atomic E-state index is -1.42. The van der Waals surface area contributed by atoms with Crippen LogP contribution in [-0.2, 0) is 14.4 Å². The lowest BCUT2D eigenvalue weighted by Gasteiger charge is -2.41. The first kappa shape index (κ1) is 19.8. The molecule has 0 saturated carbocycles. The second-order valence-corrected chi connectivity index (χ2v) is 6.24. The van der Waals surface area contributed by atoms with E-state index >= 15 is 0 Å². The predicted molar refractivity (Wildman–Crippen MR) is 87.1 cm³/mol.